The van der Waals surface area contributed by atoms with Crippen LogP contribution < -0.4 is 9.47 Å². The zero-order chi connectivity index (χ0) is 13.9. The second kappa shape index (κ2) is 6.17. The zero-order valence-electron chi connectivity index (χ0n) is 12.0. The van der Waals surface area contributed by atoms with E-state index in [2.05, 4.69) is 35.0 Å². The van der Waals surface area contributed by atoms with Crippen molar-refractivity contribution in [1.29, 1.82) is 0 Å². The molecule has 1 atom stereocenters. The molecule has 106 valence electrons. The number of hydrogen-bond donors (Lipinski definition) is 0. The Hall–Kier alpha value is -0.700. The molecule has 19 heavy (non-hydrogen) atoms. The smallest absolute Gasteiger partial charge is 0.161 e. The summed E-state index contributed by atoms with van der Waals surface area (Å²) >= 11 is 3.94. The lowest BCUT2D eigenvalue weighted by molar-refractivity contribution is 0.278. The summed E-state index contributed by atoms with van der Waals surface area (Å²) in [7, 11) is 3.36. The molecule has 1 saturated carbocycles. The van der Waals surface area contributed by atoms with E-state index >= 15 is 0 Å². The van der Waals surface area contributed by atoms with Gasteiger partial charge in [0.05, 0.1) is 14.2 Å². The van der Waals surface area contributed by atoms with Crippen molar-refractivity contribution >= 4 is 15.9 Å². The van der Waals surface area contributed by atoms with Crippen LogP contribution in [0.15, 0.2) is 18.2 Å². The molecule has 0 saturated heterocycles. The third-order valence-electron chi connectivity index (χ3n) is 4.54. The molecular weight excluding hydrogens is 304 g/mol. The van der Waals surface area contributed by atoms with Crippen molar-refractivity contribution in [2.75, 3.05) is 14.2 Å². The molecular formula is C16H23BrO2. The van der Waals surface area contributed by atoms with E-state index in [0.717, 1.165) is 11.5 Å². The molecule has 1 aliphatic rings. The summed E-state index contributed by atoms with van der Waals surface area (Å²) in [5.74, 6) is 1.61. The van der Waals surface area contributed by atoms with Crippen LogP contribution in [0.2, 0.25) is 0 Å². The Morgan fingerprint density at radius 2 is 1.79 bits per heavy atom. The van der Waals surface area contributed by atoms with Crippen LogP contribution in [0, 0.1) is 5.41 Å². The van der Waals surface area contributed by atoms with Gasteiger partial charge < -0.3 is 9.47 Å². The third kappa shape index (κ3) is 2.76. The summed E-state index contributed by atoms with van der Waals surface area (Å²) in [4.78, 5) is 0.396. The van der Waals surface area contributed by atoms with Gasteiger partial charge in [0.15, 0.2) is 11.5 Å². The molecule has 0 aliphatic heterocycles. The Balaban J connectivity index is 2.30. The number of ether oxygens (including phenoxy) is 2. The van der Waals surface area contributed by atoms with Crippen molar-refractivity contribution in [1.82, 2.24) is 0 Å². The Labute approximate surface area is 124 Å². The molecule has 1 aromatic rings. The molecule has 1 unspecified atom stereocenters. The van der Waals surface area contributed by atoms with Crippen molar-refractivity contribution in [3.63, 3.8) is 0 Å². The highest BCUT2D eigenvalue weighted by Gasteiger charge is 2.39. The molecule has 3 heteroatoms. The van der Waals surface area contributed by atoms with Crippen LogP contribution in [0.3, 0.4) is 0 Å². The van der Waals surface area contributed by atoms with Crippen LogP contribution in [0.25, 0.3) is 0 Å². The normalized spacial score (nSPS) is 19.2. The predicted octanol–water partition coefficient (Wildman–Crippen LogP) is 5.11. The van der Waals surface area contributed by atoms with Gasteiger partial charge in [0.1, 0.15) is 0 Å². The SMILES string of the molecule is CCC1(C(Br)c2ccc(OC)c(OC)c2)CCCC1. The first-order chi connectivity index (χ1) is 9.16. The predicted molar refractivity (Wildman–Crippen MR) is 82.4 cm³/mol. The number of rotatable bonds is 5. The first-order valence-electron chi connectivity index (χ1n) is 7.03. The van der Waals surface area contributed by atoms with E-state index in [1.807, 2.05) is 6.07 Å². The Bertz CT molecular complexity index is 425. The highest BCUT2D eigenvalue weighted by atomic mass is 79.9. The third-order valence-corrected chi connectivity index (χ3v) is 6.04. The van der Waals surface area contributed by atoms with E-state index in [1.54, 1.807) is 14.2 Å². The number of halogens is 1. The second-order valence-corrected chi connectivity index (χ2v) is 6.32. The van der Waals surface area contributed by atoms with Gasteiger partial charge in [-0.3, -0.25) is 0 Å². The molecule has 1 aliphatic carbocycles. The van der Waals surface area contributed by atoms with Gasteiger partial charge in [-0.05, 0) is 42.4 Å². The maximum absolute atomic E-state index is 5.41. The Morgan fingerprint density at radius 3 is 2.32 bits per heavy atom. The van der Waals surface area contributed by atoms with Crippen molar-refractivity contribution in [3.05, 3.63) is 23.8 Å². The summed E-state index contributed by atoms with van der Waals surface area (Å²) in [6, 6.07) is 6.26. The maximum Gasteiger partial charge on any atom is 0.161 e. The molecule has 0 spiro atoms. The number of alkyl halides is 1. The molecule has 0 heterocycles. The summed E-state index contributed by atoms with van der Waals surface area (Å²) in [6.45, 7) is 2.31. The molecule has 1 aromatic carbocycles. The van der Waals surface area contributed by atoms with E-state index in [0.29, 0.717) is 10.2 Å². The molecule has 0 amide bonds. The van der Waals surface area contributed by atoms with Crippen LogP contribution in [0.4, 0.5) is 0 Å². The van der Waals surface area contributed by atoms with Gasteiger partial charge in [-0.25, -0.2) is 0 Å². The van der Waals surface area contributed by atoms with Crippen molar-refractivity contribution in [2.24, 2.45) is 5.41 Å². The van der Waals surface area contributed by atoms with Gasteiger partial charge in [-0.15, -0.1) is 0 Å². The largest absolute Gasteiger partial charge is 0.493 e. The lowest BCUT2D eigenvalue weighted by Gasteiger charge is -2.33. The van der Waals surface area contributed by atoms with Gasteiger partial charge in [-0.2, -0.15) is 0 Å². The van der Waals surface area contributed by atoms with Gasteiger partial charge in [0, 0.05) is 4.83 Å². The van der Waals surface area contributed by atoms with E-state index < -0.39 is 0 Å². The molecule has 2 rings (SSSR count). The van der Waals surface area contributed by atoms with Gasteiger partial charge in [0.2, 0.25) is 0 Å². The second-order valence-electron chi connectivity index (χ2n) is 5.40. The minimum atomic E-state index is 0.396. The number of benzene rings is 1. The van der Waals surface area contributed by atoms with Gasteiger partial charge in [-0.1, -0.05) is 41.8 Å². The summed E-state index contributed by atoms with van der Waals surface area (Å²) in [5, 5.41) is 0. The topological polar surface area (TPSA) is 18.5 Å². The fourth-order valence-electron chi connectivity index (χ4n) is 3.23. The quantitative estimate of drug-likeness (QED) is 0.700. The summed E-state index contributed by atoms with van der Waals surface area (Å²) in [5.41, 5.74) is 1.70. The zero-order valence-corrected chi connectivity index (χ0v) is 13.6. The van der Waals surface area contributed by atoms with Gasteiger partial charge in [0.25, 0.3) is 0 Å². The fourth-order valence-corrected chi connectivity index (χ4v) is 4.30. The molecule has 0 bridgehead atoms. The minimum absolute atomic E-state index is 0.396. The standard InChI is InChI=1S/C16H23BrO2/c1-4-16(9-5-6-10-16)15(17)12-7-8-13(18-2)14(11-12)19-3/h7-8,11,15H,4-6,9-10H2,1-3H3. The van der Waals surface area contributed by atoms with Crippen molar-refractivity contribution in [3.8, 4) is 11.5 Å². The molecule has 2 nitrogen and oxygen atoms in total. The van der Waals surface area contributed by atoms with E-state index in [-0.39, 0.29) is 0 Å². The van der Waals surface area contributed by atoms with Crippen molar-refractivity contribution < 1.29 is 9.47 Å². The first kappa shape index (κ1) is 14.7. The summed E-state index contributed by atoms with van der Waals surface area (Å²) < 4.78 is 10.7. The highest BCUT2D eigenvalue weighted by molar-refractivity contribution is 9.09. The van der Waals surface area contributed by atoms with Crippen LogP contribution in [-0.4, -0.2) is 14.2 Å². The van der Waals surface area contributed by atoms with Crippen LogP contribution in [0.5, 0.6) is 11.5 Å². The van der Waals surface area contributed by atoms with E-state index in [1.165, 1.54) is 37.7 Å². The lowest BCUT2D eigenvalue weighted by atomic mass is 9.77. The van der Waals surface area contributed by atoms with Gasteiger partial charge >= 0.3 is 0 Å². The monoisotopic (exact) mass is 326 g/mol. The number of methoxy groups -OCH3 is 2. The average molecular weight is 327 g/mol. The molecule has 1 fully saturated rings. The van der Waals surface area contributed by atoms with Crippen LogP contribution >= 0.6 is 15.9 Å². The van der Waals surface area contributed by atoms with E-state index in [4.69, 9.17) is 9.47 Å². The maximum atomic E-state index is 5.41. The first-order valence-corrected chi connectivity index (χ1v) is 7.94. The molecule has 0 aromatic heterocycles. The Kier molecular flexibility index (Phi) is 4.77. The van der Waals surface area contributed by atoms with E-state index in [9.17, 15) is 0 Å². The average Bonchev–Trinajstić information content (AvgIpc) is 2.95. The molecule has 0 radical (unpaired) electrons. The number of hydrogen-bond acceptors (Lipinski definition) is 2. The summed E-state index contributed by atoms with van der Waals surface area (Å²) in [6.07, 6.45) is 6.55. The molecule has 0 N–H and O–H groups in total. The Morgan fingerprint density at radius 1 is 1.16 bits per heavy atom. The van der Waals surface area contributed by atoms with Crippen LogP contribution in [0.1, 0.15) is 49.4 Å². The minimum Gasteiger partial charge on any atom is -0.493 e. The lowest BCUT2D eigenvalue weighted by Crippen LogP contribution is -2.21. The van der Waals surface area contributed by atoms with Crippen molar-refractivity contribution in [2.45, 2.75) is 43.9 Å². The fraction of sp³-hybridized carbons (Fsp3) is 0.625. The highest BCUT2D eigenvalue weighted by Crippen LogP contribution is 2.54. The van der Waals surface area contributed by atoms with Crippen LogP contribution in [-0.2, 0) is 0 Å².